The minimum atomic E-state index is -0.589. The predicted molar refractivity (Wildman–Crippen MR) is 117 cm³/mol. The van der Waals surface area contributed by atoms with Gasteiger partial charge in [-0.2, -0.15) is 9.78 Å². The van der Waals surface area contributed by atoms with Crippen molar-refractivity contribution in [2.45, 2.75) is 30.7 Å². The quantitative estimate of drug-likeness (QED) is 0.204. The van der Waals surface area contributed by atoms with E-state index in [0.29, 0.717) is 28.2 Å². The van der Waals surface area contributed by atoms with Gasteiger partial charge in [-0.1, -0.05) is 48.2 Å². The molecule has 31 heavy (non-hydrogen) atoms. The van der Waals surface area contributed by atoms with Crippen LogP contribution in [0.4, 0.5) is 5.69 Å². The molecule has 0 saturated heterocycles. The molecule has 0 saturated carbocycles. The molecule has 2 aromatic carbocycles. The summed E-state index contributed by atoms with van der Waals surface area (Å²) in [5.74, 6) is 0.638. The second kappa shape index (κ2) is 10.3. The number of halogens is 1. The van der Waals surface area contributed by atoms with Crippen LogP contribution in [0.15, 0.2) is 46.7 Å². The van der Waals surface area contributed by atoms with E-state index in [9.17, 15) is 15.2 Å². The van der Waals surface area contributed by atoms with Crippen molar-refractivity contribution >= 4 is 35.3 Å². The average molecular weight is 461 g/mol. The van der Waals surface area contributed by atoms with Gasteiger partial charge in [0, 0.05) is 23.3 Å². The molecule has 0 amide bonds. The highest BCUT2D eigenvalue weighted by molar-refractivity contribution is 7.98. The Morgan fingerprint density at radius 1 is 1.29 bits per heavy atom. The molecule has 3 rings (SSSR count). The van der Waals surface area contributed by atoms with E-state index < -0.39 is 10.7 Å². The summed E-state index contributed by atoms with van der Waals surface area (Å²) in [6.45, 7) is 2.00. The molecule has 0 aliphatic rings. The molecule has 11 heteroatoms. The van der Waals surface area contributed by atoms with Crippen LogP contribution in [0.25, 0.3) is 0 Å². The number of nitro groups is 1. The summed E-state index contributed by atoms with van der Waals surface area (Å²) in [6, 6.07) is 9.73. The van der Waals surface area contributed by atoms with Crippen molar-refractivity contribution in [1.82, 2.24) is 14.9 Å². The van der Waals surface area contributed by atoms with E-state index in [1.54, 1.807) is 4.68 Å². The Bertz CT molecular complexity index is 1100. The van der Waals surface area contributed by atoms with Crippen molar-refractivity contribution in [1.29, 1.82) is 0 Å². The van der Waals surface area contributed by atoms with Crippen molar-refractivity contribution in [3.05, 3.63) is 68.5 Å². The fraction of sp³-hybridized carbons (Fsp3) is 0.250. The van der Waals surface area contributed by atoms with Crippen molar-refractivity contribution in [2.75, 3.05) is 7.11 Å². The Hall–Kier alpha value is -3.11. The molecular weight excluding hydrogens is 442 g/mol. The summed E-state index contributed by atoms with van der Waals surface area (Å²) >= 11 is 7.36. The molecule has 0 unspecified atom stereocenters. The van der Waals surface area contributed by atoms with Crippen molar-refractivity contribution in [3.63, 3.8) is 0 Å². The van der Waals surface area contributed by atoms with Crippen LogP contribution in [0.5, 0.6) is 11.5 Å². The van der Waals surface area contributed by atoms with E-state index in [-0.39, 0.29) is 17.0 Å². The Labute approximate surface area is 187 Å². The number of hydrogen-bond acceptors (Lipinski definition) is 8. The zero-order valence-corrected chi connectivity index (χ0v) is 18.4. The first-order chi connectivity index (χ1) is 14.9. The molecular formula is C20H19ClN5O4S-. The smallest absolute Gasteiger partial charge is 0.273 e. The predicted octanol–water partition coefficient (Wildman–Crippen LogP) is 4.05. The highest BCUT2D eigenvalue weighted by Gasteiger charge is 2.14. The highest BCUT2D eigenvalue weighted by atomic mass is 35.5. The Morgan fingerprint density at radius 2 is 2.03 bits per heavy atom. The van der Waals surface area contributed by atoms with Gasteiger partial charge in [0.25, 0.3) is 5.69 Å². The molecule has 0 bridgehead atoms. The third kappa shape index (κ3) is 5.53. The zero-order valence-electron chi connectivity index (χ0n) is 16.8. The van der Waals surface area contributed by atoms with E-state index in [4.69, 9.17) is 16.3 Å². The van der Waals surface area contributed by atoms with Gasteiger partial charge in [0.2, 0.25) is 5.16 Å². The third-order valence-electron chi connectivity index (χ3n) is 4.24. The summed E-state index contributed by atoms with van der Waals surface area (Å²) < 4.78 is 6.52. The molecule has 0 N–H and O–H groups in total. The second-order valence-electron chi connectivity index (χ2n) is 6.44. The normalized spacial score (nSPS) is 11.2. The van der Waals surface area contributed by atoms with Crippen LogP contribution in [0, 0.1) is 10.1 Å². The van der Waals surface area contributed by atoms with Gasteiger partial charge in [0.15, 0.2) is 5.82 Å². The van der Waals surface area contributed by atoms with Gasteiger partial charge in [-0.05, 0) is 29.7 Å². The molecule has 0 atom stereocenters. The van der Waals surface area contributed by atoms with Crippen molar-refractivity contribution in [3.8, 4) is 11.5 Å². The van der Waals surface area contributed by atoms with Crippen LogP contribution in [-0.2, 0) is 12.2 Å². The van der Waals surface area contributed by atoms with Crippen LogP contribution in [0.2, 0.25) is 5.02 Å². The van der Waals surface area contributed by atoms with Gasteiger partial charge in [-0.3, -0.25) is 10.1 Å². The second-order valence-corrected chi connectivity index (χ2v) is 7.82. The molecule has 0 aliphatic heterocycles. The number of nitrogens with zero attached hydrogens (tertiary/aromatic N) is 5. The molecule has 3 aromatic rings. The van der Waals surface area contributed by atoms with E-state index >= 15 is 0 Å². The minimum Gasteiger partial charge on any atom is -0.870 e. The van der Waals surface area contributed by atoms with Crippen molar-refractivity contribution < 1.29 is 14.8 Å². The highest BCUT2D eigenvalue weighted by Crippen LogP contribution is 2.31. The summed E-state index contributed by atoms with van der Waals surface area (Å²) in [5.41, 5.74) is 0.832. The number of rotatable bonds is 9. The fourth-order valence-electron chi connectivity index (χ4n) is 2.69. The lowest BCUT2D eigenvalue weighted by Gasteiger charge is -2.15. The number of benzene rings is 2. The number of nitro benzene ring substituents is 1. The fourth-order valence-corrected chi connectivity index (χ4v) is 3.68. The third-order valence-corrected chi connectivity index (χ3v) is 5.49. The number of aromatic nitrogens is 3. The summed E-state index contributed by atoms with van der Waals surface area (Å²) in [4.78, 5) is 10.6. The molecule has 0 aliphatic carbocycles. The SMILES string of the molecule is CCCc1nnc(SCc2ccc(Cl)cc2)n1/N=C\c1cc([N+](=O)[O-])cc(OC)c1[O-]. The lowest BCUT2D eigenvalue weighted by atomic mass is 10.2. The number of methoxy groups -OCH3 is 1. The van der Waals surface area contributed by atoms with E-state index in [2.05, 4.69) is 15.3 Å². The van der Waals surface area contributed by atoms with Gasteiger partial charge >= 0.3 is 0 Å². The molecule has 0 fully saturated rings. The molecule has 0 spiro atoms. The molecule has 1 aromatic heterocycles. The first-order valence-corrected chi connectivity index (χ1v) is 10.7. The monoisotopic (exact) mass is 460 g/mol. The van der Waals surface area contributed by atoms with E-state index in [0.717, 1.165) is 18.1 Å². The van der Waals surface area contributed by atoms with Crippen LogP contribution in [0.1, 0.15) is 30.3 Å². The lowest BCUT2D eigenvalue weighted by Crippen LogP contribution is -2.04. The number of thioether (sulfide) groups is 1. The molecule has 162 valence electrons. The van der Waals surface area contributed by atoms with E-state index in [1.807, 2.05) is 31.2 Å². The van der Waals surface area contributed by atoms with Crippen LogP contribution < -0.4 is 9.84 Å². The summed E-state index contributed by atoms with van der Waals surface area (Å²) in [7, 11) is 1.28. The largest absolute Gasteiger partial charge is 0.870 e. The van der Waals surface area contributed by atoms with Crippen LogP contribution >= 0.6 is 23.4 Å². The first-order valence-electron chi connectivity index (χ1n) is 9.32. The maximum atomic E-state index is 12.5. The Morgan fingerprint density at radius 3 is 2.68 bits per heavy atom. The van der Waals surface area contributed by atoms with Gasteiger partial charge in [0.1, 0.15) is 5.75 Å². The molecule has 0 radical (unpaired) electrons. The van der Waals surface area contributed by atoms with Gasteiger partial charge in [-0.15, -0.1) is 10.2 Å². The number of aryl methyl sites for hydroxylation is 1. The first kappa shape index (κ1) is 22.6. The lowest BCUT2D eigenvalue weighted by molar-refractivity contribution is -0.385. The average Bonchev–Trinajstić information content (AvgIpc) is 3.14. The molecule has 9 nitrogen and oxygen atoms in total. The summed E-state index contributed by atoms with van der Waals surface area (Å²) in [6.07, 6.45) is 2.73. The number of hydrogen-bond donors (Lipinski definition) is 0. The van der Waals surface area contributed by atoms with Crippen LogP contribution in [0.3, 0.4) is 0 Å². The topological polar surface area (TPSA) is 118 Å². The maximum absolute atomic E-state index is 12.5. The number of ether oxygens (including phenoxy) is 1. The van der Waals surface area contributed by atoms with Gasteiger partial charge in [-0.25, -0.2) is 0 Å². The Balaban J connectivity index is 1.91. The Kier molecular flexibility index (Phi) is 7.48. The van der Waals surface area contributed by atoms with Gasteiger partial charge < -0.3 is 9.84 Å². The zero-order chi connectivity index (χ0) is 22.4. The minimum absolute atomic E-state index is 0.0378. The summed E-state index contributed by atoms with van der Waals surface area (Å²) in [5, 5.41) is 37.6. The van der Waals surface area contributed by atoms with Crippen LogP contribution in [-0.4, -0.2) is 33.1 Å². The number of non-ortho nitro benzene ring substituents is 1. The van der Waals surface area contributed by atoms with Crippen molar-refractivity contribution in [2.24, 2.45) is 5.10 Å². The maximum Gasteiger partial charge on any atom is 0.273 e. The standard InChI is InChI=1S/C20H20ClN5O4S/c1-3-4-18-23-24-20(31-12-13-5-7-15(21)8-6-13)25(18)22-11-14-9-16(26(28)29)10-17(30-2)19(14)27/h5-11,27H,3-4,12H2,1-2H3/p-1/b22-11-. The van der Waals surface area contributed by atoms with E-state index in [1.165, 1.54) is 31.2 Å². The molecule has 1 heterocycles. The van der Waals surface area contributed by atoms with Gasteiger partial charge in [0.05, 0.1) is 24.3 Å².